The number of hydrogen-bond acceptors (Lipinski definition) is 6. The summed E-state index contributed by atoms with van der Waals surface area (Å²) in [5.41, 5.74) is 1.48. The molecule has 0 saturated heterocycles. The van der Waals surface area contributed by atoms with Crippen molar-refractivity contribution in [1.82, 2.24) is 0 Å². The van der Waals surface area contributed by atoms with Crippen molar-refractivity contribution in [2.24, 2.45) is 0 Å². The number of furan rings is 1. The molecule has 1 unspecified atom stereocenters. The van der Waals surface area contributed by atoms with E-state index in [0.29, 0.717) is 22.5 Å². The normalized spacial score (nSPS) is 12.1. The van der Waals surface area contributed by atoms with E-state index in [4.69, 9.17) is 25.5 Å². The van der Waals surface area contributed by atoms with E-state index in [1.54, 1.807) is 6.07 Å². The fourth-order valence-corrected chi connectivity index (χ4v) is 5.17. The molecule has 1 atom stereocenters. The minimum absolute atomic E-state index is 0.0395. The van der Waals surface area contributed by atoms with E-state index in [9.17, 15) is 13.2 Å². The zero-order valence-electron chi connectivity index (χ0n) is 21.2. The van der Waals surface area contributed by atoms with E-state index in [2.05, 4.69) is 19.2 Å². The Labute approximate surface area is 227 Å². The van der Waals surface area contributed by atoms with Gasteiger partial charge in [0.2, 0.25) is 9.84 Å². The lowest BCUT2D eigenvalue weighted by Gasteiger charge is -2.11. The molecule has 1 aromatic heterocycles. The molecule has 1 amide bonds. The van der Waals surface area contributed by atoms with Gasteiger partial charge in [0.15, 0.2) is 5.76 Å². The fourth-order valence-electron chi connectivity index (χ4n) is 3.72. The SMILES string of the molecule is CCC(C)c1ccc(OCc2ccc(C(=O)Nc3cc(OC)cc(S(=O)(=O)c4ccc(Cl)cc4)c3)o2)cc1. The highest BCUT2D eigenvalue weighted by molar-refractivity contribution is 7.91. The van der Waals surface area contributed by atoms with Crippen molar-refractivity contribution in [3.63, 3.8) is 0 Å². The van der Waals surface area contributed by atoms with Gasteiger partial charge in [-0.1, -0.05) is 37.6 Å². The number of halogens is 1. The lowest BCUT2D eigenvalue weighted by molar-refractivity contribution is 0.0992. The monoisotopic (exact) mass is 553 g/mol. The Bertz CT molecular complexity index is 1510. The molecule has 0 spiro atoms. The first-order valence-corrected chi connectivity index (χ1v) is 13.9. The number of methoxy groups -OCH3 is 1. The predicted octanol–water partition coefficient (Wildman–Crippen LogP) is 7.12. The van der Waals surface area contributed by atoms with Gasteiger partial charge in [-0.05, 0) is 78.6 Å². The first kappa shape index (κ1) is 27.3. The number of sulfone groups is 1. The van der Waals surface area contributed by atoms with E-state index in [0.717, 1.165) is 6.42 Å². The van der Waals surface area contributed by atoms with Gasteiger partial charge >= 0.3 is 0 Å². The van der Waals surface area contributed by atoms with Crippen LogP contribution in [0.3, 0.4) is 0 Å². The molecule has 0 bridgehead atoms. The fraction of sp³-hybridized carbons (Fsp3) is 0.207. The summed E-state index contributed by atoms with van der Waals surface area (Å²) in [7, 11) is -2.47. The van der Waals surface area contributed by atoms with Crippen molar-refractivity contribution >= 4 is 33.0 Å². The zero-order valence-corrected chi connectivity index (χ0v) is 22.8. The van der Waals surface area contributed by atoms with Crippen LogP contribution in [0.2, 0.25) is 5.02 Å². The molecule has 0 fully saturated rings. The third-order valence-electron chi connectivity index (χ3n) is 6.14. The summed E-state index contributed by atoms with van der Waals surface area (Å²) < 4.78 is 43.0. The molecule has 1 N–H and O–H groups in total. The molecule has 4 aromatic rings. The molecule has 38 heavy (non-hydrogen) atoms. The van der Waals surface area contributed by atoms with Gasteiger partial charge in [0.05, 0.1) is 16.9 Å². The molecule has 3 aromatic carbocycles. The summed E-state index contributed by atoms with van der Waals surface area (Å²) in [6, 6.07) is 21.2. The number of nitrogens with one attached hydrogen (secondary N) is 1. The number of benzene rings is 3. The third-order valence-corrected chi connectivity index (χ3v) is 8.14. The second kappa shape index (κ2) is 11.8. The van der Waals surface area contributed by atoms with E-state index in [-0.39, 0.29) is 33.6 Å². The molecular formula is C29H28ClNO6S. The van der Waals surface area contributed by atoms with Crippen LogP contribution in [0, 0.1) is 0 Å². The number of amides is 1. The maximum absolute atomic E-state index is 13.1. The molecule has 198 valence electrons. The lowest BCUT2D eigenvalue weighted by Crippen LogP contribution is -2.12. The molecule has 0 aliphatic carbocycles. The minimum Gasteiger partial charge on any atom is -0.497 e. The average Bonchev–Trinajstić information content (AvgIpc) is 3.41. The molecular weight excluding hydrogens is 526 g/mol. The molecule has 9 heteroatoms. The van der Waals surface area contributed by atoms with Crippen LogP contribution in [-0.4, -0.2) is 21.4 Å². The van der Waals surface area contributed by atoms with E-state index in [1.807, 2.05) is 24.3 Å². The number of ether oxygens (including phenoxy) is 2. The van der Waals surface area contributed by atoms with Crippen LogP contribution >= 0.6 is 11.6 Å². The quantitative estimate of drug-likeness (QED) is 0.225. The Kier molecular flexibility index (Phi) is 8.44. The molecule has 0 aliphatic rings. The lowest BCUT2D eigenvalue weighted by atomic mass is 9.99. The van der Waals surface area contributed by atoms with Gasteiger partial charge < -0.3 is 19.2 Å². The summed E-state index contributed by atoms with van der Waals surface area (Å²) in [5, 5.41) is 3.10. The highest BCUT2D eigenvalue weighted by Crippen LogP contribution is 2.29. The maximum atomic E-state index is 13.1. The highest BCUT2D eigenvalue weighted by atomic mass is 35.5. The van der Waals surface area contributed by atoms with Crippen molar-refractivity contribution < 1.29 is 27.1 Å². The van der Waals surface area contributed by atoms with Crippen LogP contribution in [0.5, 0.6) is 11.5 Å². The summed E-state index contributed by atoms with van der Waals surface area (Å²) in [6.07, 6.45) is 1.06. The van der Waals surface area contributed by atoms with Crippen molar-refractivity contribution in [2.75, 3.05) is 12.4 Å². The van der Waals surface area contributed by atoms with Gasteiger partial charge in [0.1, 0.15) is 23.9 Å². The Balaban J connectivity index is 1.45. The van der Waals surface area contributed by atoms with Crippen LogP contribution in [-0.2, 0) is 16.4 Å². The van der Waals surface area contributed by atoms with Gasteiger partial charge in [0.25, 0.3) is 5.91 Å². The molecule has 0 saturated carbocycles. The summed E-state index contributed by atoms with van der Waals surface area (Å²) in [5.74, 6) is 1.43. The van der Waals surface area contributed by atoms with Crippen LogP contribution < -0.4 is 14.8 Å². The summed E-state index contributed by atoms with van der Waals surface area (Å²) in [6.45, 7) is 4.48. The number of carbonyl (C=O) groups excluding carboxylic acids is 1. The first-order valence-electron chi connectivity index (χ1n) is 12.0. The van der Waals surface area contributed by atoms with E-state index in [1.165, 1.54) is 61.2 Å². The number of rotatable bonds is 10. The topological polar surface area (TPSA) is 94.8 Å². The van der Waals surface area contributed by atoms with Gasteiger partial charge in [-0.2, -0.15) is 0 Å². The molecule has 0 aliphatic heterocycles. The average molecular weight is 554 g/mol. The molecule has 1 heterocycles. The first-order chi connectivity index (χ1) is 18.2. The van der Waals surface area contributed by atoms with Crippen LogP contribution in [0.4, 0.5) is 5.69 Å². The molecule has 4 rings (SSSR count). The van der Waals surface area contributed by atoms with E-state index >= 15 is 0 Å². The zero-order chi connectivity index (χ0) is 27.3. The van der Waals surface area contributed by atoms with Gasteiger partial charge in [-0.3, -0.25) is 4.79 Å². The second-order valence-electron chi connectivity index (χ2n) is 8.74. The van der Waals surface area contributed by atoms with Crippen LogP contribution in [0.25, 0.3) is 0 Å². The van der Waals surface area contributed by atoms with E-state index < -0.39 is 15.7 Å². The van der Waals surface area contributed by atoms with Crippen molar-refractivity contribution in [3.8, 4) is 11.5 Å². The maximum Gasteiger partial charge on any atom is 0.291 e. The van der Waals surface area contributed by atoms with Crippen molar-refractivity contribution in [2.45, 2.75) is 42.6 Å². The standard InChI is InChI=1S/C29H28ClNO6S/c1-4-19(2)20-5-9-23(10-6-20)36-18-24-11-14-28(37-24)29(32)31-22-15-25(35-3)17-27(16-22)38(33,34)26-12-7-21(30)8-13-26/h5-17,19H,4,18H2,1-3H3,(H,31,32). The number of carbonyl (C=O) groups is 1. The van der Waals surface area contributed by atoms with Crippen LogP contribution in [0.15, 0.2) is 93.1 Å². The molecule has 0 radical (unpaired) electrons. The number of hydrogen-bond donors (Lipinski definition) is 1. The number of anilines is 1. The summed E-state index contributed by atoms with van der Waals surface area (Å²) in [4.78, 5) is 12.9. The molecule has 7 nitrogen and oxygen atoms in total. The van der Waals surface area contributed by atoms with Gasteiger partial charge in [-0.15, -0.1) is 0 Å². The predicted molar refractivity (Wildman–Crippen MR) is 146 cm³/mol. The van der Waals surface area contributed by atoms with Crippen LogP contribution in [0.1, 0.15) is 48.1 Å². The Morgan fingerprint density at radius 1 is 0.947 bits per heavy atom. The summed E-state index contributed by atoms with van der Waals surface area (Å²) >= 11 is 5.89. The minimum atomic E-state index is -3.88. The second-order valence-corrected chi connectivity index (χ2v) is 11.1. The van der Waals surface area contributed by atoms with Gasteiger partial charge in [-0.25, -0.2) is 8.42 Å². The Hall–Kier alpha value is -3.75. The van der Waals surface area contributed by atoms with Crippen molar-refractivity contribution in [1.29, 1.82) is 0 Å². The smallest absolute Gasteiger partial charge is 0.291 e. The Morgan fingerprint density at radius 3 is 2.32 bits per heavy atom. The van der Waals surface area contributed by atoms with Crippen molar-refractivity contribution in [3.05, 3.63) is 101 Å². The third kappa shape index (κ3) is 6.38. The largest absolute Gasteiger partial charge is 0.497 e. The highest BCUT2D eigenvalue weighted by Gasteiger charge is 2.21. The van der Waals surface area contributed by atoms with Gasteiger partial charge in [0, 0.05) is 16.8 Å². The Morgan fingerprint density at radius 2 is 1.66 bits per heavy atom.